The molecule has 1 amide bonds. The minimum Gasteiger partial charge on any atom is -0.465 e. The number of hydrazone groups is 1. The summed E-state index contributed by atoms with van der Waals surface area (Å²) in [7, 11) is 1.36. The molecule has 4 N–H and O–H groups in total. The van der Waals surface area contributed by atoms with Crippen molar-refractivity contribution in [3.05, 3.63) is 35.1 Å². The SMILES string of the molecule is CN(Cc1ccc(F)c(C(F)(F)F)c1)C(=NN)NC(=O)O. The molecule has 116 valence electrons. The summed E-state index contributed by atoms with van der Waals surface area (Å²) >= 11 is 0. The fraction of sp³-hybridized carbons (Fsp3) is 0.273. The average molecular weight is 308 g/mol. The van der Waals surface area contributed by atoms with Crippen molar-refractivity contribution in [3.63, 3.8) is 0 Å². The lowest BCUT2D eigenvalue weighted by molar-refractivity contribution is -0.140. The van der Waals surface area contributed by atoms with Gasteiger partial charge in [0.15, 0.2) is 0 Å². The number of carboxylic acid groups (broad SMARTS) is 1. The number of hydrogen-bond donors (Lipinski definition) is 3. The van der Waals surface area contributed by atoms with Crippen LogP contribution in [0.4, 0.5) is 22.4 Å². The Labute approximate surface area is 116 Å². The Kier molecular flexibility index (Phi) is 4.95. The zero-order valence-electron chi connectivity index (χ0n) is 10.8. The van der Waals surface area contributed by atoms with E-state index >= 15 is 0 Å². The minimum absolute atomic E-state index is 0.111. The molecule has 0 saturated carbocycles. The predicted molar refractivity (Wildman–Crippen MR) is 65.7 cm³/mol. The standard InChI is InChI=1S/C11H12F4N4O2/c1-19(9(18-16)17-10(20)21)5-6-2-3-8(12)7(4-6)11(13,14)15/h2-4H,5,16H2,1H3,(H,17,18)(H,20,21). The molecule has 0 aliphatic heterocycles. The zero-order valence-corrected chi connectivity index (χ0v) is 10.8. The first kappa shape index (κ1) is 16.5. The molecule has 21 heavy (non-hydrogen) atoms. The highest BCUT2D eigenvalue weighted by atomic mass is 19.4. The number of halogens is 4. The van der Waals surface area contributed by atoms with Crippen molar-refractivity contribution in [2.45, 2.75) is 12.7 Å². The number of alkyl halides is 3. The zero-order chi connectivity index (χ0) is 16.2. The normalized spacial score (nSPS) is 12.1. The van der Waals surface area contributed by atoms with Crippen LogP contribution in [0, 0.1) is 5.82 Å². The van der Waals surface area contributed by atoms with Crippen molar-refractivity contribution in [2.75, 3.05) is 7.05 Å². The molecule has 0 saturated heterocycles. The molecule has 0 unspecified atom stereocenters. The number of guanidine groups is 1. The second-order valence-electron chi connectivity index (χ2n) is 4.05. The van der Waals surface area contributed by atoms with Crippen LogP contribution in [0.2, 0.25) is 0 Å². The highest BCUT2D eigenvalue weighted by Crippen LogP contribution is 2.32. The van der Waals surface area contributed by atoms with Gasteiger partial charge in [-0.15, -0.1) is 5.10 Å². The van der Waals surface area contributed by atoms with Gasteiger partial charge in [-0.1, -0.05) is 6.07 Å². The van der Waals surface area contributed by atoms with Crippen LogP contribution in [-0.4, -0.2) is 29.1 Å². The van der Waals surface area contributed by atoms with Gasteiger partial charge in [-0.3, -0.25) is 5.32 Å². The van der Waals surface area contributed by atoms with Crippen molar-refractivity contribution in [3.8, 4) is 0 Å². The summed E-state index contributed by atoms with van der Waals surface area (Å²) in [6.07, 6.45) is -6.25. The molecule has 10 heteroatoms. The van der Waals surface area contributed by atoms with Gasteiger partial charge < -0.3 is 15.8 Å². The van der Waals surface area contributed by atoms with Crippen LogP contribution in [0.3, 0.4) is 0 Å². The van der Waals surface area contributed by atoms with E-state index in [4.69, 9.17) is 10.9 Å². The fourth-order valence-electron chi connectivity index (χ4n) is 1.56. The second kappa shape index (κ2) is 6.29. The second-order valence-corrected chi connectivity index (χ2v) is 4.05. The summed E-state index contributed by atoms with van der Waals surface area (Å²) < 4.78 is 50.9. The van der Waals surface area contributed by atoms with E-state index in [2.05, 4.69) is 5.10 Å². The third-order valence-electron chi connectivity index (χ3n) is 2.46. The average Bonchev–Trinajstić information content (AvgIpc) is 2.36. The number of nitrogens with one attached hydrogen (secondary N) is 1. The summed E-state index contributed by atoms with van der Waals surface area (Å²) in [6, 6.07) is 2.48. The number of nitrogens with zero attached hydrogens (tertiary/aromatic N) is 2. The van der Waals surface area contributed by atoms with E-state index in [9.17, 15) is 22.4 Å². The molecule has 0 spiro atoms. The smallest absolute Gasteiger partial charge is 0.419 e. The van der Waals surface area contributed by atoms with Crippen molar-refractivity contribution >= 4 is 12.1 Å². The van der Waals surface area contributed by atoms with E-state index < -0.39 is 23.7 Å². The molecule has 1 aromatic rings. The van der Waals surface area contributed by atoms with Crippen LogP contribution in [0.5, 0.6) is 0 Å². The lowest BCUT2D eigenvalue weighted by Crippen LogP contribution is -2.41. The molecule has 0 radical (unpaired) electrons. The molecule has 0 aliphatic carbocycles. The van der Waals surface area contributed by atoms with Crippen molar-refractivity contribution < 1.29 is 27.5 Å². The molecule has 0 heterocycles. The summed E-state index contributed by atoms with van der Waals surface area (Å²) in [5, 5.41) is 13.6. The topological polar surface area (TPSA) is 91.0 Å². The van der Waals surface area contributed by atoms with Gasteiger partial charge in [0, 0.05) is 13.6 Å². The van der Waals surface area contributed by atoms with Crippen LogP contribution in [-0.2, 0) is 12.7 Å². The summed E-state index contributed by atoms with van der Waals surface area (Å²) in [6.45, 7) is -0.153. The van der Waals surface area contributed by atoms with Crippen molar-refractivity contribution in [1.82, 2.24) is 10.2 Å². The molecular formula is C11H12F4N4O2. The largest absolute Gasteiger partial charge is 0.465 e. The minimum atomic E-state index is -4.82. The molecule has 0 aliphatic rings. The molecule has 6 nitrogen and oxygen atoms in total. The molecular weight excluding hydrogens is 296 g/mol. The van der Waals surface area contributed by atoms with E-state index in [1.807, 2.05) is 5.32 Å². The lowest BCUT2D eigenvalue weighted by atomic mass is 10.1. The van der Waals surface area contributed by atoms with Crippen LogP contribution in [0.1, 0.15) is 11.1 Å². The number of carbonyl (C=O) groups is 1. The van der Waals surface area contributed by atoms with E-state index in [1.54, 1.807) is 0 Å². The molecule has 0 fully saturated rings. The number of rotatable bonds is 2. The Balaban J connectivity index is 2.96. The van der Waals surface area contributed by atoms with E-state index in [1.165, 1.54) is 11.9 Å². The number of hydrogen-bond acceptors (Lipinski definition) is 3. The highest BCUT2D eigenvalue weighted by molar-refractivity contribution is 5.92. The molecule has 0 bridgehead atoms. The highest BCUT2D eigenvalue weighted by Gasteiger charge is 2.34. The van der Waals surface area contributed by atoms with Gasteiger partial charge >= 0.3 is 12.3 Å². The molecule has 1 aromatic carbocycles. The van der Waals surface area contributed by atoms with E-state index in [0.717, 1.165) is 6.07 Å². The van der Waals surface area contributed by atoms with Crippen LogP contribution < -0.4 is 11.2 Å². The van der Waals surface area contributed by atoms with E-state index in [-0.39, 0.29) is 18.1 Å². The maximum absolute atomic E-state index is 13.1. The maximum Gasteiger partial charge on any atom is 0.419 e. The van der Waals surface area contributed by atoms with Gasteiger partial charge in [0.05, 0.1) is 5.56 Å². The molecule has 1 rings (SSSR count). The Morgan fingerprint density at radius 2 is 2.10 bits per heavy atom. The van der Waals surface area contributed by atoms with Gasteiger partial charge in [0.2, 0.25) is 5.96 Å². The Morgan fingerprint density at radius 3 is 2.57 bits per heavy atom. The summed E-state index contributed by atoms with van der Waals surface area (Å²) in [4.78, 5) is 11.7. The third kappa shape index (κ3) is 4.51. The van der Waals surface area contributed by atoms with Crippen LogP contribution in [0.15, 0.2) is 23.3 Å². The van der Waals surface area contributed by atoms with Gasteiger partial charge in [-0.05, 0) is 17.7 Å². The third-order valence-corrected chi connectivity index (χ3v) is 2.46. The predicted octanol–water partition coefficient (Wildman–Crippen LogP) is 1.77. The van der Waals surface area contributed by atoms with E-state index in [0.29, 0.717) is 12.1 Å². The first-order valence-electron chi connectivity index (χ1n) is 5.49. The van der Waals surface area contributed by atoms with Crippen LogP contribution >= 0.6 is 0 Å². The number of amides is 1. The fourth-order valence-corrected chi connectivity index (χ4v) is 1.56. The molecule has 0 aromatic heterocycles. The monoisotopic (exact) mass is 308 g/mol. The van der Waals surface area contributed by atoms with Gasteiger partial charge in [-0.25, -0.2) is 9.18 Å². The maximum atomic E-state index is 13.1. The summed E-state index contributed by atoms with van der Waals surface area (Å²) in [5.41, 5.74) is -1.29. The van der Waals surface area contributed by atoms with Crippen molar-refractivity contribution in [2.24, 2.45) is 10.9 Å². The van der Waals surface area contributed by atoms with Gasteiger partial charge in [0.1, 0.15) is 5.82 Å². The van der Waals surface area contributed by atoms with Crippen molar-refractivity contribution in [1.29, 1.82) is 0 Å². The quantitative estimate of drug-likeness (QED) is 0.255. The lowest BCUT2D eigenvalue weighted by Gasteiger charge is -2.20. The number of nitrogens with two attached hydrogens (primary N) is 1. The Morgan fingerprint density at radius 1 is 1.48 bits per heavy atom. The number of benzene rings is 1. The first-order valence-corrected chi connectivity index (χ1v) is 5.49. The van der Waals surface area contributed by atoms with Gasteiger partial charge in [-0.2, -0.15) is 13.2 Å². The Hall–Kier alpha value is -2.52. The summed E-state index contributed by atoms with van der Waals surface area (Å²) in [5.74, 6) is 3.33. The van der Waals surface area contributed by atoms with Gasteiger partial charge in [0.25, 0.3) is 0 Å². The van der Waals surface area contributed by atoms with Crippen LogP contribution in [0.25, 0.3) is 0 Å². The Bertz CT molecular complexity index is 560. The first-order chi connectivity index (χ1) is 9.65. The molecule has 0 atom stereocenters.